The lowest BCUT2D eigenvalue weighted by atomic mass is 10.1. The predicted molar refractivity (Wildman–Crippen MR) is 161 cm³/mol. The van der Waals surface area contributed by atoms with Crippen LogP contribution >= 0.6 is 0 Å². The van der Waals surface area contributed by atoms with Gasteiger partial charge in [-0.25, -0.2) is 14.8 Å². The van der Waals surface area contributed by atoms with Gasteiger partial charge in [0.2, 0.25) is 5.91 Å². The first-order valence-electron chi connectivity index (χ1n) is 14.3. The third-order valence-corrected chi connectivity index (χ3v) is 7.21. The van der Waals surface area contributed by atoms with Gasteiger partial charge in [-0.15, -0.1) is 0 Å². The molecule has 4 rings (SSSR count). The summed E-state index contributed by atoms with van der Waals surface area (Å²) in [6.45, 7) is 9.36. The molecule has 4 aromatic rings. The van der Waals surface area contributed by atoms with Gasteiger partial charge in [-0.1, -0.05) is 51.1 Å². The number of likely N-dealkylation sites (N-methyl/N-ethyl adjacent to an activating group) is 1. The molecule has 0 atom stereocenters. The second-order valence-corrected chi connectivity index (χ2v) is 10.1. The summed E-state index contributed by atoms with van der Waals surface area (Å²) < 4.78 is 7.61. The highest BCUT2D eigenvalue weighted by Crippen LogP contribution is 2.29. The average molecular weight is 561 g/mol. The number of rotatable bonds is 15. The average Bonchev–Trinajstić information content (AvgIpc) is 3.33. The van der Waals surface area contributed by atoms with Crippen LogP contribution in [0, 0.1) is 0 Å². The highest BCUT2D eigenvalue weighted by Gasteiger charge is 2.20. The zero-order valence-electron chi connectivity index (χ0n) is 24.2. The summed E-state index contributed by atoms with van der Waals surface area (Å²) in [5, 5.41) is 9.97. The van der Waals surface area contributed by atoms with Crippen molar-refractivity contribution in [2.24, 2.45) is 0 Å². The molecule has 0 saturated carbocycles. The predicted octanol–water partition coefficient (Wildman–Crippen LogP) is 4.34. The van der Waals surface area contributed by atoms with Gasteiger partial charge in [0.05, 0.1) is 17.6 Å². The van der Waals surface area contributed by atoms with Crippen molar-refractivity contribution in [2.45, 2.75) is 53.1 Å². The second-order valence-electron chi connectivity index (χ2n) is 10.1. The minimum Gasteiger partial charge on any atom is -0.482 e. The van der Waals surface area contributed by atoms with Gasteiger partial charge in [0.25, 0.3) is 0 Å². The van der Waals surface area contributed by atoms with E-state index in [-0.39, 0.29) is 5.91 Å². The quantitative estimate of drug-likeness (QED) is 0.220. The van der Waals surface area contributed by atoms with Crippen molar-refractivity contribution < 1.29 is 19.4 Å². The van der Waals surface area contributed by atoms with E-state index in [0.717, 1.165) is 65.7 Å². The number of nitrogen functional groups attached to an aromatic ring is 1. The third-order valence-electron chi connectivity index (χ3n) is 7.21. The number of carboxylic acid groups (broad SMARTS) is 1. The summed E-state index contributed by atoms with van der Waals surface area (Å²) in [6.07, 6.45) is 2.48. The number of carboxylic acids is 1. The van der Waals surface area contributed by atoms with Crippen LogP contribution in [0.1, 0.15) is 45.0 Å². The minimum absolute atomic E-state index is 0.0497. The lowest BCUT2D eigenvalue weighted by Crippen LogP contribution is -2.40. The van der Waals surface area contributed by atoms with E-state index in [0.29, 0.717) is 37.7 Å². The minimum atomic E-state index is -1.04. The Morgan fingerprint density at radius 2 is 1.83 bits per heavy atom. The van der Waals surface area contributed by atoms with Crippen molar-refractivity contribution in [3.05, 3.63) is 59.9 Å². The molecular formula is C31H40N6O4. The summed E-state index contributed by atoms with van der Waals surface area (Å²) >= 11 is 0. The van der Waals surface area contributed by atoms with Gasteiger partial charge in [-0.2, -0.15) is 0 Å². The molecule has 0 radical (unpaired) electrons. The third kappa shape index (κ3) is 7.32. The van der Waals surface area contributed by atoms with Crippen LogP contribution in [0.25, 0.3) is 21.9 Å². The summed E-state index contributed by atoms with van der Waals surface area (Å²) in [5.74, 6) is 0.876. The molecule has 0 aliphatic rings. The van der Waals surface area contributed by atoms with Crippen molar-refractivity contribution in [3.63, 3.8) is 0 Å². The molecule has 10 heteroatoms. The van der Waals surface area contributed by atoms with Crippen molar-refractivity contribution in [1.29, 1.82) is 0 Å². The lowest BCUT2D eigenvalue weighted by molar-refractivity contribution is -0.139. The maximum Gasteiger partial charge on any atom is 0.341 e. The fourth-order valence-corrected chi connectivity index (χ4v) is 5.11. The fourth-order valence-electron chi connectivity index (χ4n) is 5.11. The number of benzene rings is 2. The molecule has 0 aliphatic heterocycles. The summed E-state index contributed by atoms with van der Waals surface area (Å²) in [5.41, 5.74) is 9.76. The molecule has 0 aliphatic carbocycles. The first-order valence-corrected chi connectivity index (χ1v) is 14.3. The number of hydrogen-bond acceptors (Lipinski definition) is 7. The molecule has 218 valence electrons. The standard InChI is InChI=1S/C31H40N6O4/c1-4-11-26-34-29-30(24-14-7-8-15-25(24)33-31(29)32)37(26)17-10-16-36(27(38)20-35(5-2)6-3)19-22-12-9-13-23(18-22)41-21-28(39)40/h7-9,12-15,18H,4-6,10-11,16-17,19-21H2,1-3H3,(H2,32,33)(H,39,40). The number of aryl methyl sites for hydroxylation is 2. The number of hydrogen-bond donors (Lipinski definition) is 2. The fraction of sp³-hybridized carbons (Fsp3) is 0.419. The van der Waals surface area contributed by atoms with Crippen LogP contribution in [-0.4, -0.2) is 74.1 Å². The van der Waals surface area contributed by atoms with Crippen LogP contribution < -0.4 is 10.5 Å². The number of aliphatic carboxylic acids is 1. The zero-order valence-corrected chi connectivity index (χ0v) is 24.2. The Kier molecular flexibility index (Phi) is 10.1. The van der Waals surface area contributed by atoms with Gasteiger partial charge in [0.15, 0.2) is 12.4 Å². The van der Waals surface area contributed by atoms with Gasteiger partial charge in [0.1, 0.15) is 17.1 Å². The summed E-state index contributed by atoms with van der Waals surface area (Å²) in [7, 11) is 0. The zero-order chi connectivity index (χ0) is 29.4. The number of nitrogens with zero attached hydrogens (tertiary/aromatic N) is 5. The van der Waals surface area contributed by atoms with Crippen LogP contribution in [0.2, 0.25) is 0 Å². The Bertz CT molecular complexity index is 1500. The number of carbonyl (C=O) groups excluding carboxylic acids is 1. The molecule has 0 spiro atoms. The van der Waals surface area contributed by atoms with E-state index in [1.165, 1.54) is 0 Å². The highest BCUT2D eigenvalue weighted by molar-refractivity contribution is 6.06. The van der Waals surface area contributed by atoms with E-state index in [4.69, 9.17) is 20.6 Å². The number of pyridine rings is 1. The molecule has 41 heavy (non-hydrogen) atoms. The number of fused-ring (bicyclic) bond motifs is 3. The van der Waals surface area contributed by atoms with E-state index in [1.54, 1.807) is 12.1 Å². The Balaban J connectivity index is 1.59. The molecule has 0 unspecified atom stereocenters. The molecule has 0 saturated heterocycles. The van der Waals surface area contributed by atoms with E-state index < -0.39 is 12.6 Å². The molecule has 3 N–H and O–H groups in total. The number of nitrogens with two attached hydrogens (primary N) is 1. The van der Waals surface area contributed by atoms with E-state index in [9.17, 15) is 9.59 Å². The van der Waals surface area contributed by atoms with Gasteiger partial charge in [-0.3, -0.25) is 9.69 Å². The molecule has 1 amide bonds. The van der Waals surface area contributed by atoms with Crippen LogP contribution in [-0.2, 0) is 29.1 Å². The second kappa shape index (κ2) is 13.9. The van der Waals surface area contributed by atoms with Crippen molar-refractivity contribution in [3.8, 4) is 5.75 Å². The highest BCUT2D eigenvalue weighted by atomic mass is 16.5. The molecule has 2 aromatic heterocycles. The van der Waals surface area contributed by atoms with Crippen LogP contribution in [0.3, 0.4) is 0 Å². The Morgan fingerprint density at radius 3 is 2.56 bits per heavy atom. The SMILES string of the molecule is CCCc1nc2c(N)nc3ccccc3c2n1CCCN(Cc1cccc(OCC(=O)O)c1)C(=O)CN(CC)CC. The normalized spacial score (nSPS) is 11.4. The smallest absolute Gasteiger partial charge is 0.341 e. The number of carbonyl (C=O) groups is 2. The van der Waals surface area contributed by atoms with Crippen LogP contribution in [0.5, 0.6) is 5.75 Å². The summed E-state index contributed by atoms with van der Waals surface area (Å²) in [6, 6.07) is 15.2. The van der Waals surface area contributed by atoms with Crippen LogP contribution in [0.4, 0.5) is 5.82 Å². The molecule has 2 heterocycles. The Labute approximate surface area is 240 Å². The van der Waals surface area contributed by atoms with Crippen LogP contribution in [0.15, 0.2) is 48.5 Å². The monoisotopic (exact) mass is 560 g/mol. The van der Waals surface area contributed by atoms with E-state index >= 15 is 0 Å². The van der Waals surface area contributed by atoms with Gasteiger partial charge < -0.3 is 25.0 Å². The van der Waals surface area contributed by atoms with E-state index in [2.05, 4.69) is 41.3 Å². The number of para-hydroxylation sites is 1. The van der Waals surface area contributed by atoms with Gasteiger partial charge >= 0.3 is 5.97 Å². The van der Waals surface area contributed by atoms with E-state index in [1.807, 2.05) is 35.2 Å². The molecular weight excluding hydrogens is 520 g/mol. The molecule has 0 bridgehead atoms. The molecule has 2 aromatic carbocycles. The largest absolute Gasteiger partial charge is 0.482 e. The maximum atomic E-state index is 13.5. The molecule has 0 fully saturated rings. The topological polar surface area (TPSA) is 127 Å². The van der Waals surface area contributed by atoms with Gasteiger partial charge in [0, 0.05) is 31.4 Å². The Morgan fingerprint density at radius 1 is 1.05 bits per heavy atom. The van der Waals surface area contributed by atoms with Crippen molar-refractivity contribution in [1.82, 2.24) is 24.3 Å². The van der Waals surface area contributed by atoms with Crippen molar-refractivity contribution >= 4 is 39.6 Å². The number of amides is 1. The maximum absolute atomic E-state index is 13.5. The Hall–Kier alpha value is -4.18. The van der Waals surface area contributed by atoms with Crippen molar-refractivity contribution in [2.75, 3.05) is 38.5 Å². The first-order chi connectivity index (χ1) is 19.8. The first kappa shape index (κ1) is 29.8. The number of aromatic nitrogens is 3. The summed E-state index contributed by atoms with van der Waals surface area (Å²) in [4.78, 5) is 37.9. The van der Waals surface area contributed by atoms with Gasteiger partial charge in [-0.05, 0) is 49.7 Å². The number of anilines is 1. The number of ether oxygens (including phenoxy) is 1. The molecule has 10 nitrogen and oxygen atoms in total. The lowest BCUT2D eigenvalue weighted by Gasteiger charge is -2.27. The number of imidazole rings is 1.